The molecule has 0 aliphatic carbocycles. The lowest BCUT2D eigenvalue weighted by Gasteiger charge is -2.25. The van der Waals surface area contributed by atoms with Crippen LogP contribution in [0.4, 0.5) is 0 Å². The van der Waals surface area contributed by atoms with Crippen LogP contribution in [-0.4, -0.2) is 81.5 Å². The quantitative estimate of drug-likeness (QED) is 0.0462. The van der Waals surface area contributed by atoms with Crippen molar-refractivity contribution in [2.75, 3.05) is 6.54 Å². The molecule has 14 N–H and O–H groups in total. The molecule has 16 nitrogen and oxygen atoms in total. The number of carboxylic acid groups (broad SMARTS) is 1. The molecule has 4 atom stereocenters. The summed E-state index contributed by atoms with van der Waals surface area (Å²) in [6.45, 7) is 0.225. The summed E-state index contributed by atoms with van der Waals surface area (Å²) in [5, 5.41) is 27.6. The molecule has 0 bridgehead atoms. The van der Waals surface area contributed by atoms with Crippen molar-refractivity contribution in [3.05, 3.63) is 65.9 Å². The first-order chi connectivity index (χ1) is 21.8. The Morgan fingerprint density at radius 3 is 2.11 bits per heavy atom. The van der Waals surface area contributed by atoms with Crippen molar-refractivity contribution in [1.29, 1.82) is 0 Å². The van der Waals surface area contributed by atoms with Gasteiger partial charge in [0.05, 0.1) is 12.5 Å². The molecule has 16 heteroatoms. The van der Waals surface area contributed by atoms with Crippen molar-refractivity contribution in [1.82, 2.24) is 20.9 Å². The molecule has 1 aromatic heterocycles. The number of hydrogen-bond donors (Lipinski definition) is 10. The number of phenolic OH excluding ortho intramolecular Hbond substituents is 1. The molecule has 4 amide bonds. The fourth-order valence-corrected chi connectivity index (χ4v) is 4.68. The number of amides is 4. The fourth-order valence-electron chi connectivity index (χ4n) is 4.68. The average molecular weight is 638 g/mol. The summed E-state index contributed by atoms with van der Waals surface area (Å²) >= 11 is 0. The van der Waals surface area contributed by atoms with Gasteiger partial charge in [0.2, 0.25) is 23.6 Å². The highest BCUT2D eigenvalue weighted by Gasteiger charge is 2.32. The number of carboxylic acids is 1. The lowest BCUT2D eigenvalue weighted by atomic mass is 10.0. The fraction of sp³-hybridized carbons (Fsp3) is 0.333. The highest BCUT2D eigenvalue weighted by Crippen LogP contribution is 2.20. The second-order valence-corrected chi connectivity index (χ2v) is 10.7. The number of hydrogen-bond acceptors (Lipinski definition) is 8. The molecular weight excluding hydrogens is 598 g/mol. The molecule has 1 heterocycles. The Kier molecular flexibility index (Phi) is 12.5. The van der Waals surface area contributed by atoms with Crippen molar-refractivity contribution in [2.24, 2.45) is 27.9 Å². The molecule has 0 radical (unpaired) electrons. The van der Waals surface area contributed by atoms with Crippen LogP contribution in [-0.2, 0) is 36.8 Å². The number of carbonyl (C=O) groups excluding carboxylic acids is 4. The van der Waals surface area contributed by atoms with Crippen LogP contribution in [0.5, 0.6) is 5.75 Å². The number of fused-ring (bicyclic) bond motifs is 1. The number of nitrogens with zero attached hydrogens (tertiary/aromatic N) is 1. The molecule has 0 saturated carbocycles. The maximum absolute atomic E-state index is 13.6. The maximum Gasteiger partial charge on any atom is 0.326 e. The van der Waals surface area contributed by atoms with Crippen LogP contribution in [0.3, 0.4) is 0 Å². The number of nitrogens with one attached hydrogen (secondary N) is 4. The van der Waals surface area contributed by atoms with Crippen molar-refractivity contribution in [2.45, 2.75) is 56.3 Å². The van der Waals surface area contributed by atoms with Crippen molar-refractivity contribution in [3.8, 4) is 5.75 Å². The average Bonchev–Trinajstić information content (AvgIpc) is 3.41. The van der Waals surface area contributed by atoms with Gasteiger partial charge in [-0.3, -0.25) is 24.2 Å². The van der Waals surface area contributed by atoms with Crippen molar-refractivity contribution >= 4 is 46.5 Å². The van der Waals surface area contributed by atoms with E-state index in [-0.39, 0.29) is 37.5 Å². The Labute approximate surface area is 264 Å². The predicted molar refractivity (Wildman–Crippen MR) is 169 cm³/mol. The van der Waals surface area contributed by atoms with Crippen LogP contribution in [0.1, 0.15) is 30.4 Å². The van der Waals surface area contributed by atoms with Gasteiger partial charge in [0.15, 0.2) is 5.96 Å². The molecule has 3 aromatic rings. The second kappa shape index (κ2) is 16.4. The molecule has 3 rings (SSSR count). The number of phenols is 1. The zero-order valence-electron chi connectivity index (χ0n) is 24.9. The number of H-pyrrole nitrogens is 1. The van der Waals surface area contributed by atoms with Gasteiger partial charge >= 0.3 is 5.97 Å². The smallest absolute Gasteiger partial charge is 0.326 e. The standard InChI is InChI=1S/C30H39N9O7/c31-20(5-3-11-35-30(33)34)26(42)37-23(14-25(32)41)28(44)38-22(13-17-15-36-21-6-2-1-4-19(17)21)27(43)39-24(29(45)46)12-16-7-9-18(40)10-8-16/h1-2,4,6-10,15,20,22-24,36,40H,3,5,11-14,31H2,(H2,32,41)(H,37,42)(H,38,44)(H,39,43)(H,45,46)(H4,33,34,35). The van der Waals surface area contributed by atoms with E-state index in [1.807, 2.05) is 18.2 Å². The van der Waals surface area contributed by atoms with Gasteiger partial charge in [-0.15, -0.1) is 0 Å². The molecule has 2 aromatic carbocycles. The van der Waals surface area contributed by atoms with Crippen LogP contribution in [0.25, 0.3) is 10.9 Å². The summed E-state index contributed by atoms with van der Waals surface area (Å²) in [6.07, 6.45) is 1.40. The Balaban J connectivity index is 1.82. The number of rotatable bonds is 17. The van der Waals surface area contributed by atoms with Gasteiger partial charge in [-0.05, 0) is 42.2 Å². The normalized spacial score (nSPS) is 13.5. The molecule has 4 unspecified atom stereocenters. The lowest BCUT2D eigenvalue weighted by Crippen LogP contribution is -2.58. The Morgan fingerprint density at radius 2 is 1.46 bits per heavy atom. The summed E-state index contributed by atoms with van der Waals surface area (Å²) in [5.74, 6) is -4.84. The van der Waals surface area contributed by atoms with Gasteiger partial charge in [-0.2, -0.15) is 0 Å². The van der Waals surface area contributed by atoms with Gasteiger partial charge in [-0.1, -0.05) is 30.3 Å². The van der Waals surface area contributed by atoms with Crippen LogP contribution in [0.15, 0.2) is 59.7 Å². The summed E-state index contributed by atoms with van der Waals surface area (Å²) in [7, 11) is 0. The number of aliphatic carboxylic acids is 1. The third-order valence-corrected chi connectivity index (χ3v) is 7.07. The van der Waals surface area contributed by atoms with Crippen molar-refractivity contribution in [3.63, 3.8) is 0 Å². The Morgan fingerprint density at radius 1 is 0.826 bits per heavy atom. The van der Waals surface area contributed by atoms with E-state index in [0.29, 0.717) is 17.5 Å². The van der Waals surface area contributed by atoms with E-state index in [1.54, 1.807) is 12.3 Å². The minimum absolute atomic E-state index is 0.00864. The maximum atomic E-state index is 13.6. The van der Waals surface area contributed by atoms with E-state index >= 15 is 0 Å². The highest BCUT2D eigenvalue weighted by molar-refractivity contribution is 5.96. The summed E-state index contributed by atoms with van der Waals surface area (Å²) in [4.78, 5) is 70.7. The van der Waals surface area contributed by atoms with Gasteiger partial charge in [0.25, 0.3) is 0 Å². The first kappa shape index (κ1) is 34.8. The zero-order chi connectivity index (χ0) is 33.8. The molecule has 246 valence electrons. The van der Waals surface area contributed by atoms with Crippen molar-refractivity contribution < 1.29 is 34.2 Å². The second-order valence-electron chi connectivity index (χ2n) is 10.7. The van der Waals surface area contributed by atoms with Gasteiger partial charge in [0, 0.05) is 36.5 Å². The van der Waals surface area contributed by atoms with Gasteiger partial charge in [-0.25, -0.2) is 4.79 Å². The van der Waals surface area contributed by atoms with Gasteiger partial charge in [0.1, 0.15) is 23.9 Å². The molecule has 0 fully saturated rings. The van der Waals surface area contributed by atoms with Crippen LogP contribution in [0, 0.1) is 0 Å². The molecular formula is C30H39N9O7. The third kappa shape index (κ3) is 10.5. The summed E-state index contributed by atoms with van der Waals surface area (Å²) in [5.41, 5.74) is 23.8. The summed E-state index contributed by atoms with van der Waals surface area (Å²) < 4.78 is 0. The summed E-state index contributed by atoms with van der Waals surface area (Å²) in [6, 6.07) is 7.78. The van der Waals surface area contributed by atoms with Crippen LogP contribution >= 0.6 is 0 Å². The topological polar surface area (TPSA) is 294 Å². The molecule has 0 spiro atoms. The third-order valence-electron chi connectivity index (χ3n) is 7.07. The van der Waals surface area contributed by atoms with Crippen LogP contribution in [0.2, 0.25) is 0 Å². The molecule has 46 heavy (non-hydrogen) atoms. The first-order valence-electron chi connectivity index (χ1n) is 14.4. The predicted octanol–water partition coefficient (Wildman–Crippen LogP) is -1.55. The van der Waals surface area contributed by atoms with Crippen LogP contribution < -0.4 is 38.9 Å². The van der Waals surface area contributed by atoms with E-state index in [2.05, 4.69) is 25.9 Å². The number of para-hydroxylation sites is 1. The minimum atomic E-state index is -1.49. The van der Waals surface area contributed by atoms with E-state index < -0.39 is 60.2 Å². The lowest BCUT2D eigenvalue weighted by molar-refractivity contribution is -0.142. The number of aromatic hydroxyl groups is 1. The molecule has 0 aliphatic rings. The number of guanidine groups is 1. The monoisotopic (exact) mass is 637 g/mol. The largest absolute Gasteiger partial charge is 0.508 e. The number of nitrogens with two attached hydrogens (primary N) is 4. The highest BCUT2D eigenvalue weighted by atomic mass is 16.4. The first-order valence-corrected chi connectivity index (χ1v) is 14.4. The zero-order valence-corrected chi connectivity index (χ0v) is 24.9. The number of benzene rings is 2. The number of aromatic amines is 1. The number of aliphatic imine (C=N–C) groups is 1. The Hall–Kier alpha value is -5.64. The number of carbonyl (C=O) groups is 5. The van der Waals surface area contributed by atoms with E-state index in [1.165, 1.54) is 24.3 Å². The van der Waals surface area contributed by atoms with E-state index in [0.717, 1.165) is 10.9 Å². The van der Waals surface area contributed by atoms with Gasteiger partial charge < -0.3 is 54.1 Å². The molecule has 0 saturated heterocycles. The van der Waals surface area contributed by atoms with E-state index in [4.69, 9.17) is 22.9 Å². The number of aromatic nitrogens is 1. The minimum Gasteiger partial charge on any atom is -0.508 e. The molecule has 0 aliphatic heterocycles. The SMILES string of the molecule is NC(=O)CC(NC(=O)C(N)CCCN=C(N)N)C(=O)NC(Cc1c[nH]c2ccccc12)C(=O)NC(Cc1ccc(O)cc1)C(=O)O. The number of primary amides is 1. The van der Waals surface area contributed by atoms with E-state index in [9.17, 15) is 34.2 Å². The Bertz CT molecular complexity index is 1570.